The van der Waals surface area contributed by atoms with E-state index in [0.29, 0.717) is 11.3 Å². The Balaban J connectivity index is 1.57. The maximum Gasteiger partial charge on any atom is 0.416 e. The molecule has 2 N–H and O–H groups in total. The number of hydrogen-bond donors (Lipinski definition) is 2. The molecule has 0 radical (unpaired) electrons. The molecule has 4 rings (SSSR count). The van der Waals surface area contributed by atoms with Crippen molar-refractivity contribution in [2.45, 2.75) is 12.3 Å². The topological polar surface area (TPSA) is 104 Å². The molecule has 30 heavy (non-hydrogen) atoms. The second-order valence-corrected chi connectivity index (χ2v) is 6.26. The minimum absolute atomic E-state index is 0.000802. The largest absolute Gasteiger partial charge is 0.472 e. The zero-order valence-electron chi connectivity index (χ0n) is 15.1. The van der Waals surface area contributed by atoms with Crippen LogP contribution in [0.5, 0.6) is 0 Å². The first-order chi connectivity index (χ1) is 14.4. The molecular weight excluding hydrogens is 401 g/mol. The molecule has 0 unspecified atom stereocenters. The van der Waals surface area contributed by atoms with Gasteiger partial charge in [0.25, 0.3) is 0 Å². The highest BCUT2D eigenvalue weighted by molar-refractivity contribution is 6.00. The fraction of sp³-hybridized carbons (Fsp3) is 0.105. The quantitative estimate of drug-likeness (QED) is 0.513. The number of rotatable bonds is 4. The second kappa shape index (κ2) is 7.78. The van der Waals surface area contributed by atoms with Crippen molar-refractivity contribution in [1.29, 1.82) is 0 Å². The van der Waals surface area contributed by atoms with Crippen molar-refractivity contribution in [1.82, 2.24) is 0 Å². The highest BCUT2D eigenvalue weighted by Crippen LogP contribution is 2.34. The monoisotopic (exact) mass is 414 g/mol. The van der Waals surface area contributed by atoms with Gasteiger partial charge in [-0.2, -0.15) is 13.2 Å². The van der Waals surface area contributed by atoms with Gasteiger partial charge in [-0.3, -0.25) is 0 Å². The summed E-state index contributed by atoms with van der Waals surface area (Å²) in [7, 11) is 0. The lowest BCUT2D eigenvalue weighted by atomic mass is 10.0. The van der Waals surface area contributed by atoms with E-state index in [9.17, 15) is 18.0 Å². The van der Waals surface area contributed by atoms with E-state index in [2.05, 4.69) is 31.3 Å². The van der Waals surface area contributed by atoms with Crippen molar-refractivity contribution in [3.63, 3.8) is 0 Å². The maximum atomic E-state index is 12.9. The van der Waals surface area contributed by atoms with Gasteiger partial charge in [0.15, 0.2) is 0 Å². The van der Waals surface area contributed by atoms with Crippen molar-refractivity contribution in [3.05, 3.63) is 72.2 Å². The van der Waals surface area contributed by atoms with Gasteiger partial charge in [0, 0.05) is 22.5 Å². The van der Waals surface area contributed by atoms with E-state index in [0.717, 1.165) is 23.3 Å². The Hall–Kier alpha value is -4.02. The van der Waals surface area contributed by atoms with Gasteiger partial charge in [0.1, 0.15) is 0 Å². The summed E-state index contributed by atoms with van der Waals surface area (Å²) in [6.07, 6.45) is -2.17. The van der Waals surface area contributed by atoms with Crippen LogP contribution in [0.1, 0.15) is 17.3 Å². The van der Waals surface area contributed by atoms with Crippen LogP contribution >= 0.6 is 0 Å². The molecule has 2 aromatic carbocycles. The Morgan fingerprint density at radius 3 is 2.47 bits per heavy atom. The van der Waals surface area contributed by atoms with Crippen LogP contribution < -0.4 is 10.6 Å². The Bertz CT molecular complexity index is 1110. The van der Waals surface area contributed by atoms with Crippen LogP contribution in [0.4, 0.5) is 29.3 Å². The van der Waals surface area contributed by atoms with Gasteiger partial charge in [-0.05, 0) is 52.4 Å². The summed E-state index contributed by atoms with van der Waals surface area (Å²) in [5, 5.41) is 19.7. The number of anilines is 2. The molecule has 11 heteroatoms. The average Bonchev–Trinajstić information content (AvgIpc) is 3.42. The van der Waals surface area contributed by atoms with E-state index in [1.807, 2.05) is 0 Å². The van der Waals surface area contributed by atoms with Gasteiger partial charge in [0.05, 0.1) is 18.1 Å². The maximum absolute atomic E-state index is 12.9. The van der Waals surface area contributed by atoms with Gasteiger partial charge >= 0.3 is 12.2 Å². The lowest BCUT2D eigenvalue weighted by molar-refractivity contribution is -0.137. The number of carbonyl (C=O) groups is 1. The number of nitrogens with zero attached hydrogens (tertiary/aromatic N) is 4. The van der Waals surface area contributed by atoms with Crippen LogP contribution in [0, 0.1) is 0 Å². The molecule has 1 aliphatic heterocycles. The number of furan rings is 1. The lowest BCUT2D eigenvalue weighted by Gasteiger charge is -2.14. The summed E-state index contributed by atoms with van der Waals surface area (Å²) in [4.78, 5) is 12.4. The Kier molecular flexibility index (Phi) is 5.00. The smallest absolute Gasteiger partial charge is 0.416 e. The van der Waals surface area contributed by atoms with Crippen molar-refractivity contribution < 1.29 is 22.4 Å². The fourth-order valence-corrected chi connectivity index (χ4v) is 2.85. The fourth-order valence-electron chi connectivity index (χ4n) is 2.85. The number of hydrogen-bond acceptors (Lipinski definition) is 6. The van der Waals surface area contributed by atoms with Gasteiger partial charge in [0.2, 0.25) is 6.17 Å². The third-order valence-electron chi connectivity index (χ3n) is 4.24. The predicted octanol–water partition coefficient (Wildman–Crippen LogP) is 6.44. The first-order valence-electron chi connectivity index (χ1n) is 8.62. The molecule has 8 nitrogen and oxygen atoms in total. The zero-order chi connectivity index (χ0) is 21.1. The molecule has 3 aromatic rings. The molecule has 2 heterocycles. The average molecular weight is 414 g/mol. The van der Waals surface area contributed by atoms with Gasteiger partial charge in [-0.15, -0.1) is 10.2 Å². The van der Waals surface area contributed by atoms with E-state index in [4.69, 9.17) is 4.42 Å². The lowest BCUT2D eigenvalue weighted by Crippen LogP contribution is -2.21. The number of urea groups is 1. The van der Waals surface area contributed by atoms with E-state index in [1.165, 1.54) is 18.4 Å². The van der Waals surface area contributed by atoms with E-state index in [1.54, 1.807) is 30.5 Å². The normalized spacial score (nSPS) is 13.6. The van der Waals surface area contributed by atoms with Crippen molar-refractivity contribution in [2.75, 3.05) is 10.6 Å². The first kappa shape index (κ1) is 19.3. The van der Waals surface area contributed by atoms with E-state index >= 15 is 0 Å². The van der Waals surface area contributed by atoms with E-state index in [-0.39, 0.29) is 5.69 Å². The number of carbonyl (C=O) groups excluding carboxylic acids is 1. The summed E-state index contributed by atoms with van der Waals surface area (Å²) in [6, 6.07) is 10.5. The predicted molar refractivity (Wildman–Crippen MR) is 101 cm³/mol. The third-order valence-corrected chi connectivity index (χ3v) is 4.24. The van der Waals surface area contributed by atoms with Gasteiger partial charge in [-0.25, -0.2) is 4.79 Å². The van der Waals surface area contributed by atoms with Crippen LogP contribution in [0.25, 0.3) is 11.1 Å². The molecule has 2 amide bonds. The molecular formula is C19H13F3N6O2. The second-order valence-electron chi connectivity index (χ2n) is 6.26. The zero-order valence-corrected chi connectivity index (χ0v) is 15.1. The minimum atomic E-state index is -4.51. The summed E-state index contributed by atoms with van der Waals surface area (Å²) < 4.78 is 43.7. The molecule has 0 bridgehead atoms. The number of alkyl halides is 3. The molecule has 152 valence electrons. The summed E-state index contributed by atoms with van der Waals surface area (Å²) >= 11 is 0. The van der Waals surface area contributed by atoms with E-state index < -0.39 is 23.9 Å². The van der Waals surface area contributed by atoms with Crippen LogP contribution in [-0.4, -0.2) is 6.03 Å². The van der Waals surface area contributed by atoms with Gasteiger partial charge < -0.3 is 15.1 Å². The third kappa shape index (κ3) is 4.19. The van der Waals surface area contributed by atoms with Crippen LogP contribution in [0.2, 0.25) is 0 Å². The SMILES string of the molecule is O=C(Nc1cccc(C(F)(F)F)c1)Nc1ccc(-c2ccoc2)cc1C1N=NN=N1. The molecule has 1 aromatic heterocycles. The Labute approximate surface area is 167 Å². The Morgan fingerprint density at radius 1 is 0.967 bits per heavy atom. The standard InChI is InChI=1S/C19H13F3N6O2/c20-19(21,22)13-2-1-3-14(9-13)23-18(29)24-16-5-4-11(12-6-7-30-10-12)8-15(16)17-25-27-28-26-17/h1-10,17H,(H2,23,24,29). The number of nitrogens with one attached hydrogen (secondary N) is 2. The van der Waals surface area contributed by atoms with Crippen LogP contribution in [-0.2, 0) is 6.18 Å². The van der Waals surface area contributed by atoms with Crippen LogP contribution in [0.3, 0.4) is 0 Å². The highest BCUT2D eigenvalue weighted by atomic mass is 19.4. The Morgan fingerprint density at radius 2 is 1.77 bits per heavy atom. The minimum Gasteiger partial charge on any atom is -0.472 e. The molecule has 0 saturated carbocycles. The number of benzene rings is 2. The van der Waals surface area contributed by atoms with Crippen molar-refractivity contribution >= 4 is 17.4 Å². The molecule has 0 spiro atoms. The molecule has 1 aliphatic rings. The summed E-state index contributed by atoms with van der Waals surface area (Å²) in [5.74, 6) is 0. The van der Waals surface area contributed by atoms with Gasteiger partial charge in [-0.1, -0.05) is 12.1 Å². The van der Waals surface area contributed by atoms with Crippen molar-refractivity contribution in [2.24, 2.45) is 20.7 Å². The van der Waals surface area contributed by atoms with Crippen LogP contribution in [0.15, 0.2) is 86.1 Å². The summed E-state index contributed by atoms with van der Waals surface area (Å²) in [5.41, 5.74) is 1.61. The highest BCUT2D eigenvalue weighted by Gasteiger charge is 2.30. The molecule has 0 aliphatic carbocycles. The molecule has 0 saturated heterocycles. The summed E-state index contributed by atoms with van der Waals surface area (Å²) in [6.45, 7) is 0. The van der Waals surface area contributed by atoms with Crippen molar-refractivity contribution in [3.8, 4) is 11.1 Å². The number of amides is 2. The molecule has 0 fully saturated rings. The first-order valence-corrected chi connectivity index (χ1v) is 8.62. The molecule has 0 atom stereocenters. The number of halogens is 3.